The van der Waals surface area contributed by atoms with Crippen LogP contribution in [0.4, 0.5) is 0 Å². The van der Waals surface area contributed by atoms with Gasteiger partial charge in [0.15, 0.2) is 0 Å². The van der Waals surface area contributed by atoms with Gasteiger partial charge in [-0.15, -0.1) is 0 Å². The van der Waals surface area contributed by atoms with Crippen LogP contribution in [0, 0.1) is 0 Å². The minimum Gasteiger partial charge on any atom is -0.390 e. The quantitative estimate of drug-likeness (QED) is 0.734. The maximum Gasteiger partial charge on any atom is 0.0645 e. The lowest BCUT2D eigenvalue weighted by Gasteiger charge is -2.30. The van der Waals surface area contributed by atoms with E-state index >= 15 is 0 Å². The maximum atomic E-state index is 9.68. The van der Waals surface area contributed by atoms with Gasteiger partial charge >= 0.3 is 0 Å². The molecule has 2 heteroatoms. The Balaban J connectivity index is 0.000000171. The molecule has 2 N–H and O–H groups in total. The summed E-state index contributed by atoms with van der Waals surface area (Å²) in [6.07, 6.45) is 12.5. The first-order chi connectivity index (χ1) is 7.97. The van der Waals surface area contributed by atoms with Gasteiger partial charge in [0.1, 0.15) is 0 Å². The van der Waals surface area contributed by atoms with E-state index in [-0.39, 0.29) is 11.2 Å². The van der Waals surface area contributed by atoms with E-state index in [2.05, 4.69) is 6.92 Å². The van der Waals surface area contributed by atoms with Crippen LogP contribution in [-0.4, -0.2) is 21.4 Å². The molecule has 0 aromatic heterocycles. The van der Waals surface area contributed by atoms with Gasteiger partial charge in [-0.2, -0.15) is 0 Å². The molecule has 102 valence electrons. The van der Waals surface area contributed by atoms with E-state index in [0.29, 0.717) is 0 Å². The van der Waals surface area contributed by atoms with Gasteiger partial charge in [-0.05, 0) is 39.0 Å². The Morgan fingerprint density at radius 2 is 1.18 bits per heavy atom. The van der Waals surface area contributed by atoms with Crippen LogP contribution in [0.25, 0.3) is 0 Å². The topological polar surface area (TPSA) is 40.5 Å². The Morgan fingerprint density at radius 3 is 1.41 bits per heavy atom. The zero-order chi connectivity index (χ0) is 12.8. The van der Waals surface area contributed by atoms with E-state index in [1.807, 2.05) is 6.92 Å². The van der Waals surface area contributed by atoms with Crippen LogP contribution >= 0.6 is 0 Å². The standard InChI is InChI=1S/C8H16O.C7H14O/c1-2-8(9)6-4-3-5-7-8;1-7(8)5-3-2-4-6-7/h9H,2-7H2,1H3;8H,2-6H2,1H3. The summed E-state index contributed by atoms with van der Waals surface area (Å²) in [7, 11) is 0. The smallest absolute Gasteiger partial charge is 0.0645 e. The summed E-state index contributed by atoms with van der Waals surface area (Å²) >= 11 is 0. The molecule has 2 aliphatic carbocycles. The van der Waals surface area contributed by atoms with Crippen molar-refractivity contribution < 1.29 is 10.2 Å². The predicted octanol–water partition coefficient (Wildman–Crippen LogP) is 3.79. The Labute approximate surface area is 106 Å². The molecule has 2 nitrogen and oxygen atoms in total. The monoisotopic (exact) mass is 242 g/mol. The van der Waals surface area contributed by atoms with Crippen molar-refractivity contribution in [1.29, 1.82) is 0 Å². The lowest BCUT2D eigenvalue weighted by Crippen LogP contribution is -2.29. The van der Waals surface area contributed by atoms with Crippen LogP contribution in [0.5, 0.6) is 0 Å². The van der Waals surface area contributed by atoms with Gasteiger partial charge in [0, 0.05) is 0 Å². The molecule has 2 aliphatic rings. The van der Waals surface area contributed by atoms with E-state index in [1.165, 1.54) is 38.5 Å². The number of rotatable bonds is 1. The number of hydrogen-bond donors (Lipinski definition) is 2. The molecule has 0 aromatic carbocycles. The minimum absolute atomic E-state index is 0.280. The van der Waals surface area contributed by atoms with Crippen LogP contribution in [-0.2, 0) is 0 Å². The van der Waals surface area contributed by atoms with Crippen LogP contribution in [0.3, 0.4) is 0 Å². The number of aliphatic hydroxyl groups is 2. The van der Waals surface area contributed by atoms with Gasteiger partial charge in [-0.25, -0.2) is 0 Å². The van der Waals surface area contributed by atoms with Gasteiger partial charge < -0.3 is 10.2 Å². The molecule has 0 bridgehead atoms. The summed E-state index contributed by atoms with van der Waals surface area (Å²) in [5, 5.41) is 19.1. The summed E-state index contributed by atoms with van der Waals surface area (Å²) < 4.78 is 0. The molecule has 0 unspecified atom stereocenters. The zero-order valence-corrected chi connectivity index (χ0v) is 11.7. The fraction of sp³-hybridized carbons (Fsp3) is 1.00. The van der Waals surface area contributed by atoms with E-state index in [1.54, 1.807) is 0 Å². The molecular formula is C15H30O2. The molecule has 2 fully saturated rings. The summed E-state index contributed by atoms with van der Waals surface area (Å²) in [4.78, 5) is 0. The fourth-order valence-corrected chi connectivity index (χ4v) is 2.88. The Kier molecular flexibility index (Phi) is 5.94. The first kappa shape index (κ1) is 15.0. The lowest BCUT2D eigenvalue weighted by atomic mass is 9.83. The van der Waals surface area contributed by atoms with Crippen molar-refractivity contribution in [2.24, 2.45) is 0 Å². The molecule has 0 heterocycles. The Morgan fingerprint density at radius 1 is 0.765 bits per heavy atom. The molecule has 17 heavy (non-hydrogen) atoms. The van der Waals surface area contributed by atoms with Gasteiger partial charge in [-0.1, -0.05) is 45.4 Å². The zero-order valence-electron chi connectivity index (χ0n) is 11.7. The van der Waals surface area contributed by atoms with Crippen LogP contribution in [0.1, 0.15) is 84.5 Å². The third-order valence-electron chi connectivity index (χ3n) is 4.37. The van der Waals surface area contributed by atoms with Crippen molar-refractivity contribution in [3.05, 3.63) is 0 Å². The largest absolute Gasteiger partial charge is 0.390 e. The van der Waals surface area contributed by atoms with E-state index in [0.717, 1.165) is 32.1 Å². The summed E-state index contributed by atoms with van der Waals surface area (Å²) in [5.74, 6) is 0. The van der Waals surface area contributed by atoms with Crippen LogP contribution in [0.15, 0.2) is 0 Å². The van der Waals surface area contributed by atoms with Gasteiger partial charge in [0.25, 0.3) is 0 Å². The maximum absolute atomic E-state index is 9.68. The van der Waals surface area contributed by atoms with E-state index in [4.69, 9.17) is 0 Å². The summed E-state index contributed by atoms with van der Waals surface area (Å²) in [6, 6.07) is 0. The van der Waals surface area contributed by atoms with Crippen LogP contribution in [0.2, 0.25) is 0 Å². The highest BCUT2D eigenvalue weighted by atomic mass is 16.3. The molecule has 2 saturated carbocycles. The highest BCUT2D eigenvalue weighted by Gasteiger charge is 2.26. The van der Waals surface area contributed by atoms with Crippen molar-refractivity contribution in [3.8, 4) is 0 Å². The second-order valence-corrected chi connectivity index (χ2v) is 6.20. The summed E-state index contributed by atoms with van der Waals surface area (Å²) in [6.45, 7) is 4.01. The van der Waals surface area contributed by atoms with E-state index in [9.17, 15) is 10.2 Å². The third-order valence-corrected chi connectivity index (χ3v) is 4.37. The second-order valence-electron chi connectivity index (χ2n) is 6.20. The number of hydrogen-bond acceptors (Lipinski definition) is 2. The highest BCUT2D eigenvalue weighted by molar-refractivity contribution is 4.80. The first-order valence-electron chi connectivity index (χ1n) is 7.42. The van der Waals surface area contributed by atoms with Crippen molar-refractivity contribution in [2.45, 2.75) is 95.7 Å². The molecular weight excluding hydrogens is 212 g/mol. The SMILES string of the molecule is CC1(O)CCCCC1.CCC1(O)CCCCC1. The normalized spacial score (nSPS) is 26.8. The third kappa shape index (κ3) is 5.87. The fourth-order valence-electron chi connectivity index (χ4n) is 2.88. The molecule has 0 spiro atoms. The van der Waals surface area contributed by atoms with Gasteiger partial charge in [0.05, 0.1) is 11.2 Å². The molecule has 0 saturated heterocycles. The predicted molar refractivity (Wildman–Crippen MR) is 72.0 cm³/mol. The molecule has 0 aliphatic heterocycles. The first-order valence-corrected chi connectivity index (χ1v) is 7.42. The van der Waals surface area contributed by atoms with Crippen molar-refractivity contribution in [3.63, 3.8) is 0 Å². The van der Waals surface area contributed by atoms with Crippen LogP contribution < -0.4 is 0 Å². The van der Waals surface area contributed by atoms with Crippen molar-refractivity contribution in [1.82, 2.24) is 0 Å². The minimum atomic E-state index is -0.321. The summed E-state index contributed by atoms with van der Waals surface area (Å²) in [5.41, 5.74) is -0.601. The van der Waals surface area contributed by atoms with Crippen molar-refractivity contribution >= 4 is 0 Å². The average Bonchev–Trinajstić information content (AvgIpc) is 2.31. The second kappa shape index (κ2) is 6.75. The molecule has 0 amide bonds. The van der Waals surface area contributed by atoms with Gasteiger partial charge in [-0.3, -0.25) is 0 Å². The van der Waals surface area contributed by atoms with Gasteiger partial charge in [0.2, 0.25) is 0 Å². The Bertz CT molecular complexity index is 197. The molecule has 0 radical (unpaired) electrons. The highest BCUT2D eigenvalue weighted by Crippen LogP contribution is 2.30. The molecule has 2 rings (SSSR count). The lowest BCUT2D eigenvalue weighted by molar-refractivity contribution is 0.000664. The molecule has 0 atom stereocenters. The molecule has 0 aromatic rings. The Hall–Kier alpha value is -0.0800. The average molecular weight is 242 g/mol. The van der Waals surface area contributed by atoms with Crippen molar-refractivity contribution in [2.75, 3.05) is 0 Å². The van der Waals surface area contributed by atoms with E-state index < -0.39 is 0 Å².